The molecule has 1 unspecified atom stereocenters. The molecule has 1 heterocycles. The highest BCUT2D eigenvalue weighted by Gasteiger charge is 2.13. The third-order valence-corrected chi connectivity index (χ3v) is 2.43. The molecule has 5 nitrogen and oxygen atoms in total. The molecule has 0 saturated carbocycles. The van der Waals surface area contributed by atoms with Crippen molar-refractivity contribution in [1.29, 1.82) is 0 Å². The Labute approximate surface area is 93.5 Å². The van der Waals surface area contributed by atoms with E-state index in [-0.39, 0.29) is 6.10 Å². The lowest BCUT2D eigenvalue weighted by Gasteiger charge is -2.13. The maximum atomic E-state index is 5.76. The van der Waals surface area contributed by atoms with E-state index < -0.39 is 0 Å². The van der Waals surface area contributed by atoms with Crippen molar-refractivity contribution in [3.8, 4) is 5.75 Å². The number of aromatic nitrogens is 2. The smallest absolute Gasteiger partial charge is 0.179 e. The van der Waals surface area contributed by atoms with E-state index in [1.807, 2.05) is 6.92 Å². The van der Waals surface area contributed by atoms with Crippen LogP contribution >= 0.6 is 0 Å². The van der Waals surface area contributed by atoms with Crippen LogP contribution in [0.1, 0.15) is 26.7 Å². The van der Waals surface area contributed by atoms with Gasteiger partial charge in [-0.3, -0.25) is 0 Å². The number of nitrogens with zero attached hydrogens (tertiary/aromatic N) is 2. The molecule has 0 amide bonds. The van der Waals surface area contributed by atoms with E-state index in [1.165, 1.54) is 0 Å². The second-order valence-corrected chi connectivity index (χ2v) is 3.83. The van der Waals surface area contributed by atoms with Crippen LogP contribution in [0.15, 0.2) is 16.8 Å². The van der Waals surface area contributed by atoms with E-state index in [0.717, 1.165) is 12.8 Å². The van der Waals surface area contributed by atoms with Crippen LogP contribution in [-0.2, 0) is 0 Å². The highest BCUT2D eigenvalue weighted by atomic mass is 16.6. The normalized spacial score (nSPS) is 12.9. The largest absolute Gasteiger partial charge is 0.488 e. The minimum Gasteiger partial charge on any atom is -0.488 e. The molecule has 0 aliphatic rings. The number of hydrogen-bond donors (Lipinski definition) is 1. The fraction of sp³-hybridized carbons (Fsp3) is 0.455. The zero-order valence-corrected chi connectivity index (χ0v) is 9.43. The SMILES string of the molecule is CCCC(C)Oc1ccc(N)c2nonc12. The van der Waals surface area contributed by atoms with Crippen molar-refractivity contribution in [1.82, 2.24) is 10.3 Å². The third-order valence-electron chi connectivity index (χ3n) is 2.43. The standard InChI is InChI=1S/C11H15N3O2/c1-3-4-7(2)15-9-6-5-8(12)10-11(9)14-16-13-10/h5-7H,3-4,12H2,1-2H3. The van der Waals surface area contributed by atoms with Gasteiger partial charge in [-0.05, 0) is 35.8 Å². The Morgan fingerprint density at radius 1 is 1.38 bits per heavy atom. The molecule has 86 valence electrons. The Balaban J connectivity index is 2.31. The molecule has 2 aromatic rings. The Morgan fingerprint density at radius 2 is 2.12 bits per heavy atom. The molecule has 0 fully saturated rings. The zero-order valence-electron chi connectivity index (χ0n) is 9.43. The Morgan fingerprint density at radius 3 is 2.88 bits per heavy atom. The molecule has 1 atom stereocenters. The fourth-order valence-corrected chi connectivity index (χ4v) is 1.64. The lowest BCUT2D eigenvalue weighted by atomic mass is 10.2. The number of hydrogen-bond acceptors (Lipinski definition) is 5. The first-order valence-electron chi connectivity index (χ1n) is 5.39. The van der Waals surface area contributed by atoms with Gasteiger partial charge in [0, 0.05) is 0 Å². The van der Waals surface area contributed by atoms with Gasteiger partial charge >= 0.3 is 0 Å². The average Bonchev–Trinajstić information content (AvgIpc) is 2.72. The van der Waals surface area contributed by atoms with Crippen molar-refractivity contribution in [3.05, 3.63) is 12.1 Å². The van der Waals surface area contributed by atoms with E-state index in [2.05, 4.69) is 21.9 Å². The predicted molar refractivity (Wildman–Crippen MR) is 61.2 cm³/mol. The van der Waals surface area contributed by atoms with Crippen molar-refractivity contribution in [2.45, 2.75) is 32.8 Å². The molecule has 2 rings (SSSR count). The summed E-state index contributed by atoms with van der Waals surface area (Å²) in [6.45, 7) is 4.15. The molecule has 0 spiro atoms. The van der Waals surface area contributed by atoms with Gasteiger partial charge in [-0.25, -0.2) is 4.63 Å². The molecule has 0 saturated heterocycles. The monoisotopic (exact) mass is 221 g/mol. The van der Waals surface area contributed by atoms with Crippen LogP contribution in [0.2, 0.25) is 0 Å². The van der Waals surface area contributed by atoms with Crippen LogP contribution in [0.25, 0.3) is 11.0 Å². The van der Waals surface area contributed by atoms with E-state index >= 15 is 0 Å². The summed E-state index contributed by atoms with van der Waals surface area (Å²) < 4.78 is 10.4. The van der Waals surface area contributed by atoms with Gasteiger partial charge in [0.05, 0.1) is 11.8 Å². The molecule has 5 heteroatoms. The summed E-state index contributed by atoms with van der Waals surface area (Å²) in [5.74, 6) is 0.673. The second kappa shape index (κ2) is 4.38. The second-order valence-electron chi connectivity index (χ2n) is 3.83. The summed E-state index contributed by atoms with van der Waals surface area (Å²) in [4.78, 5) is 0. The minimum absolute atomic E-state index is 0.147. The number of rotatable bonds is 4. The Bertz CT molecular complexity index is 481. The van der Waals surface area contributed by atoms with Crippen LogP contribution in [0, 0.1) is 0 Å². The van der Waals surface area contributed by atoms with E-state index in [1.54, 1.807) is 12.1 Å². The first-order chi connectivity index (χ1) is 7.72. The summed E-state index contributed by atoms with van der Waals surface area (Å²) in [5.41, 5.74) is 7.43. The van der Waals surface area contributed by atoms with Gasteiger partial charge in [0.25, 0.3) is 0 Å². The highest BCUT2D eigenvalue weighted by molar-refractivity contribution is 5.90. The Hall–Kier alpha value is -1.78. The van der Waals surface area contributed by atoms with Crippen molar-refractivity contribution in [2.24, 2.45) is 0 Å². The first kappa shape index (κ1) is 10.7. The molecule has 0 aliphatic carbocycles. The summed E-state index contributed by atoms with van der Waals surface area (Å²) in [5, 5.41) is 7.54. The van der Waals surface area contributed by atoms with Gasteiger partial charge in [0.1, 0.15) is 0 Å². The van der Waals surface area contributed by atoms with E-state index in [0.29, 0.717) is 22.5 Å². The van der Waals surface area contributed by atoms with Crippen molar-refractivity contribution in [3.63, 3.8) is 0 Å². The maximum Gasteiger partial charge on any atom is 0.179 e. The van der Waals surface area contributed by atoms with Crippen molar-refractivity contribution in [2.75, 3.05) is 5.73 Å². The van der Waals surface area contributed by atoms with Crippen molar-refractivity contribution < 1.29 is 9.37 Å². The Kier molecular flexibility index (Phi) is 2.94. The number of ether oxygens (including phenoxy) is 1. The number of nitrogen functional groups attached to an aromatic ring is 1. The van der Waals surface area contributed by atoms with Crippen LogP contribution in [-0.4, -0.2) is 16.4 Å². The first-order valence-corrected chi connectivity index (χ1v) is 5.39. The lowest BCUT2D eigenvalue weighted by molar-refractivity contribution is 0.211. The van der Waals surface area contributed by atoms with Gasteiger partial charge in [-0.1, -0.05) is 13.3 Å². The van der Waals surface area contributed by atoms with Crippen LogP contribution in [0.3, 0.4) is 0 Å². The molecule has 0 aliphatic heterocycles. The quantitative estimate of drug-likeness (QED) is 0.802. The summed E-state index contributed by atoms with van der Waals surface area (Å²) in [7, 11) is 0. The van der Waals surface area contributed by atoms with E-state index in [9.17, 15) is 0 Å². The summed E-state index contributed by atoms with van der Waals surface area (Å²) in [6, 6.07) is 3.55. The molecule has 1 aromatic heterocycles. The predicted octanol–water partition coefficient (Wildman–Crippen LogP) is 2.37. The maximum absolute atomic E-state index is 5.76. The van der Waals surface area contributed by atoms with Crippen LogP contribution < -0.4 is 10.5 Å². The highest BCUT2D eigenvalue weighted by Crippen LogP contribution is 2.28. The molecule has 16 heavy (non-hydrogen) atoms. The summed E-state index contributed by atoms with van der Waals surface area (Å²) in [6.07, 6.45) is 2.22. The molecule has 2 N–H and O–H groups in total. The molecular weight excluding hydrogens is 206 g/mol. The summed E-state index contributed by atoms with van der Waals surface area (Å²) >= 11 is 0. The third kappa shape index (κ3) is 1.93. The lowest BCUT2D eigenvalue weighted by Crippen LogP contribution is -2.11. The number of benzene rings is 1. The van der Waals surface area contributed by atoms with Crippen LogP contribution in [0.5, 0.6) is 5.75 Å². The minimum atomic E-state index is 0.147. The molecular formula is C11H15N3O2. The fourth-order valence-electron chi connectivity index (χ4n) is 1.64. The van der Waals surface area contributed by atoms with Crippen LogP contribution in [0.4, 0.5) is 5.69 Å². The van der Waals surface area contributed by atoms with Gasteiger partial charge in [0.15, 0.2) is 16.8 Å². The van der Waals surface area contributed by atoms with Gasteiger partial charge < -0.3 is 10.5 Å². The molecule has 1 aromatic carbocycles. The van der Waals surface area contributed by atoms with Crippen molar-refractivity contribution >= 4 is 16.7 Å². The molecule has 0 bridgehead atoms. The van der Waals surface area contributed by atoms with Gasteiger partial charge in [0.2, 0.25) is 0 Å². The average molecular weight is 221 g/mol. The topological polar surface area (TPSA) is 74.2 Å². The number of anilines is 1. The van der Waals surface area contributed by atoms with Gasteiger partial charge in [-0.15, -0.1) is 0 Å². The van der Waals surface area contributed by atoms with Gasteiger partial charge in [-0.2, -0.15) is 0 Å². The molecule has 0 radical (unpaired) electrons. The van der Waals surface area contributed by atoms with E-state index in [4.69, 9.17) is 10.5 Å². The number of nitrogens with two attached hydrogens (primary N) is 1. The zero-order chi connectivity index (χ0) is 11.5. The number of fused-ring (bicyclic) bond motifs is 1.